The monoisotopic (exact) mass is 464 g/mol. The van der Waals surface area contributed by atoms with Gasteiger partial charge in [0, 0.05) is 34.2 Å². The molecule has 25 heavy (non-hydrogen) atoms. The van der Waals surface area contributed by atoms with Crippen LogP contribution in [0.2, 0.25) is 0 Å². The van der Waals surface area contributed by atoms with Crippen LogP contribution >= 0.6 is 24.0 Å². The summed E-state index contributed by atoms with van der Waals surface area (Å²) < 4.78 is 0. The predicted molar refractivity (Wildman–Crippen MR) is 115 cm³/mol. The van der Waals surface area contributed by atoms with Gasteiger partial charge in [-0.05, 0) is 31.1 Å². The molecule has 6 heteroatoms. The number of halogens is 1. The number of carbonyl (C=O) groups is 1. The van der Waals surface area contributed by atoms with Gasteiger partial charge in [-0.3, -0.25) is 9.79 Å². The summed E-state index contributed by atoms with van der Waals surface area (Å²) in [5, 5.41) is 6.93. The summed E-state index contributed by atoms with van der Waals surface area (Å²) in [5.41, 5.74) is -0.251. The van der Waals surface area contributed by atoms with E-state index in [1.54, 1.807) is 4.90 Å². The SMILES string of the molecule is CN=C(NCC1CCCCC1C)NCC1(C(=O)N(C)C)CCCC1.I. The Hall–Kier alpha value is -0.530. The van der Waals surface area contributed by atoms with Gasteiger partial charge in [-0.2, -0.15) is 0 Å². The summed E-state index contributed by atoms with van der Waals surface area (Å²) in [4.78, 5) is 18.7. The molecule has 0 spiro atoms. The fourth-order valence-corrected chi connectivity index (χ4v) is 4.39. The van der Waals surface area contributed by atoms with E-state index in [1.807, 2.05) is 21.1 Å². The second-order valence-corrected chi connectivity index (χ2v) is 8.02. The van der Waals surface area contributed by atoms with Crippen LogP contribution in [-0.4, -0.2) is 51.0 Å². The molecule has 0 saturated heterocycles. The van der Waals surface area contributed by atoms with Crippen molar-refractivity contribution in [2.45, 2.75) is 58.3 Å². The van der Waals surface area contributed by atoms with E-state index in [1.165, 1.54) is 25.7 Å². The molecule has 2 N–H and O–H groups in total. The summed E-state index contributed by atoms with van der Waals surface area (Å²) in [6, 6.07) is 0. The Morgan fingerprint density at radius 3 is 2.32 bits per heavy atom. The van der Waals surface area contributed by atoms with Crippen molar-refractivity contribution in [3.63, 3.8) is 0 Å². The Morgan fingerprint density at radius 1 is 1.12 bits per heavy atom. The van der Waals surface area contributed by atoms with Crippen LogP contribution in [0.3, 0.4) is 0 Å². The van der Waals surface area contributed by atoms with Gasteiger partial charge < -0.3 is 15.5 Å². The molecule has 0 heterocycles. The lowest BCUT2D eigenvalue weighted by Gasteiger charge is -2.32. The fourth-order valence-electron chi connectivity index (χ4n) is 4.39. The molecule has 1 amide bonds. The lowest BCUT2D eigenvalue weighted by atomic mass is 9.80. The van der Waals surface area contributed by atoms with Crippen LogP contribution in [0.5, 0.6) is 0 Å². The van der Waals surface area contributed by atoms with Crippen molar-refractivity contribution in [3.8, 4) is 0 Å². The highest BCUT2D eigenvalue weighted by molar-refractivity contribution is 14.0. The number of hydrogen-bond acceptors (Lipinski definition) is 2. The van der Waals surface area contributed by atoms with Crippen LogP contribution in [0.1, 0.15) is 58.3 Å². The molecule has 0 aromatic rings. The third-order valence-corrected chi connectivity index (χ3v) is 6.06. The number of amides is 1. The van der Waals surface area contributed by atoms with Gasteiger partial charge in [0.05, 0.1) is 5.41 Å². The zero-order valence-electron chi connectivity index (χ0n) is 16.4. The summed E-state index contributed by atoms with van der Waals surface area (Å²) >= 11 is 0. The van der Waals surface area contributed by atoms with Gasteiger partial charge in [0.2, 0.25) is 5.91 Å². The highest BCUT2D eigenvalue weighted by atomic mass is 127. The molecule has 2 atom stereocenters. The Kier molecular flexibility index (Phi) is 9.52. The van der Waals surface area contributed by atoms with Crippen LogP contribution in [0.15, 0.2) is 4.99 Å². The standard InChI is InChI=1S/C19H36N4O.HI/c1-15-9-5-6-10-16(15)13-21-18(20-2)22-14-19(11-7-8-12-19)17(24)23(3)4;/h15-16H,5-14H2,1-4H3,(H2,20,21,22);1H. The minimum absolute atomic E-state index is 0. The maximum absolute atomic E-state index is 12.6. The molecular weight excluding hydrogens is 427 g/mol. The lowest BCUT2D eigenvalue weighted by Crippen LogP contribution is -2.50. The molecule has 0 aromatic heterocycles. The molecular formula is C19H37IN4O. The number of guanidine groups is 1. The van der Waals surface area contributed by atoms with E-state index >= 15 is 0 Å². The van der Waals surface area contributed by atoms with Gasteiger partial charge in [-0.25, -0.2) is 0 Å². The Labute approximate surface area is 170 Å². The van der Waals surface area contributed by atoms with Gasteiger partial charge in [0.1, 0.15) is 0 Å². The summed E-state index contributed by atoms with van der Waals surface area (Å²) in [5.74, 6) is 2.62. The molecule has 2 saturated carbocycles. The predicted octanol–water partition coefficient (Wildman–Crippen LogP) is 3.24. The molecule has 0 radical (unpaired) electrons. The van der Waals surface area contributed by atoms with Gasteiger partial charge in [0.25, 0.3) is 0 Å². The van der Waals surface area contributed by atoms with Gasteiger partial charge >= 0.3 is 0 Å². The first kappa shape index (κ1) is 22.5. The first-order chi connectivity index (χ1) is 11.5. The minimum Gasteiger partial charge on any atom is -0.356 e. The number of rotatable bonds is 5. The van der Waals surface area contributed by atoms with Crippen molar-refractivity contribution < 1.29 is 4.79 Å². The Bertz CT molecular complexity index is 447. The zero-order valence-corrected chi connectivity index (χ0v) is 18.8. The molecule has 2 unspecified atom stereocenters. The van der Waals surface area contributed by atoms with Crippen molar-refractivity contribution in [1.82, 2.24) is 15.5 Å². The Morgan fingerprint density at radius 2 is 1.76 bits per heavy atom. The quantitative estimate of drug-likeness (QED) is 0.373. The van der Waals surface area contributed by atoms with Crippen molar-refractivity contribution in [3.05, 3.63) is 0 Å². The summed E-state index contributed by atoms with van der Waals surface area (Å²) in [6.45, 7) is 4.03. The van der Waals surface area contributed by atoms with E-state index in [9.17, 15) is 4.79 Å². The normalized spacial score (nSPS) is 25.8. The van der Waals surface area contributed by atoms with E-state index in [0.29, 0.717) is 6.54 Å². The van der Waals surface area contributed by atoms with Gasteiger partial charge in [0.15, 0.2) is 5.96 Å². The average Bonchev–Trinajstić information content (AvgIpc) is 3.05. The van der Waals surface area contributed by atoms with Crippen LogP contribution in [0, 0.1) is 17.3 Å². The molecule has 5 nitrogen and oxygen atoms in total. The second-order valence-electron chi connectivity index (χ2n) is 8.02. The number of carbonyl (C=O) groups excluding carboxylic acids is 1. The number of aliphatic imine (C=N–C) groups is 1. The van der Waals surface area contributed by atoms with E-state index in [4.69, 9.17) is 0 Å². The largest absolute Gasteiger partial charge is 0.356 e. The van der Waals surface area contributed by atoms with Crippen LogP contribution in [0.25, 0.3) is 0 Å². The molecule has 2 aliphatic rings. The first-order valence-electron chi connectivity index (χ1n) is 9.65. The first-order valence-corrected chi connectivity index (χ1v) is 9.65. The second kappa shape index (κ2) is 10.6. The van der Waals surface area contributed by atoms with Crippen LogP contribution < -0.4 is 10.6 Å². The maximum atomic E-state index is 12.6. The van der Waals surface area contributed by atoms with E-state index < -0.39 is 0 Å². The van der Waals surface area contributed by atoms with Crippen LogP contribution in [0.4, 0.5) is 0 Å². The highest BCUT2D eigenvalue weighted by Crippen LogP contribution is 2.38. The summed E-state index contributed by atoms with van der Waals surface area (Å²) in [7, 11) is 5.54. The number of nitrogens with zero attached hydrogens (tertiary/aromatic N) is 2. The molecule has 146 valence electrons. The van der Waals surface area contributed by atoms with Crippen LogP contribution in [-0.2, 0) is 4.79 Å². The topological polar surface area (TPSA) is 56.7 Å². The molecule has 0 aliphatic heterocycles. The van der Waals surface area contributed by atoms with Crippen molar-refractivity contribution in [2.24, 2.45) is 22.2 Å². The van der Waals surface area contributed by atoms with Crippen molar-refractivity contribution in [1.29, 1.82) is 0 Å². The van der Waals surface area contributed by atoms with Gasteiger partial charge in [-0.15, -0.1) is 24.0 Å². The third kappa shape index (κ3) is 6.00. The maximum Gasteiger partial charge on any atom is 0.230 e. The lowest BCUT2D eigenvalue weighted by molar-refractivity contribution is -0.138. The third-order valence-electron chi connectivity index (χ3n) is 6.06. The van der Waals surface area contributed by atoms with Crippen molar-refractivity contribution >= 4 is 35.8 Å². The minimum atomic E-state index is -0.251. The smallest absolute Gasteiger partial charge is 0.230 e. The molecule has 2 rings (SSSR count). The molecule has 0 bridgehead atoms. The molecule has 2 fully saturated rings. The highest BCUT2D eigenvalue weighted by Gasteiger charge is 2.42. The molecule has 0 aromatic carbocycles. The average molecular weight is 464 g/mol. The number of hydrogen-bond donors (Lipinski definition) is 2. The summed E-state index contributed by atoms with van der Waals surface area (Å²) in [6.07, 6.45) is 9.64. The van der Waals surface area contributed by atoms with E-state index in [2.05, 4.69) is 22.5 Å². The van der Waals surface area contributed by atoms with E-state index in [0.717, 1.165) is 50.0 Å². The van der Waals surface area contributed by atoms with Gasteiger partial charge in [-0.1, -0.05) is 39.0 Å². The van der Waals surface area contributed by atoms with Crippen molar-refractivity contribution in [2.75, 3.05) is 34.2 Å². The zero-order chi connectivity index (χ0) is 17.6. The fraction of sp³-hybridized carbons (Fsp3) is 0.895. The van der Waals surface area contributed by atoms with E-state index in [-0.39, 0.29) is 35.3 Å². The number of nitrogens with one attached hydrogen (secondary N) is 2. The Balaban J connectivity index is 0.00000312. The molecule has 2 aliphatic carbocycles.